The molecule has 0 saturated carbocycles. The number of pyridine rings is 1. The van der Waals surface area contributed by atoms with Crippen molar-refractivity contribution in [2.24, 2.45) is 0 Å². The molecule has 0 spiro atoms. The van der Waals surface area contributed by atoms with E-state index < -0.39 is 5.97 Å². The van der Waals surface area contributed by atoms with Crippen LogP contribution in [0.5, 0.6) is 0 Å². The second-order valence-electron chi connectivity index (χ2n) is 4.06. The molecule has 0 bridgehead atoms. The van der Waals surface area contributed by atoms with Gasteiger partial charge in [0, 0.05) is 17.8 Å². The molecule has 1 N–H and O–H groups in total. The van der Waals surface area contributed by atoms with Crippen LogP contribution >= 0.6 is 0 Å². The van der Waals surface area contributed by atoms with Gasteiger partial charge in [0.05, 0.1) is 6.42 Å². The van der Waals surface area contributed by atoms with E-state index in [1.165, 1.54) is 0 Å². The maximum Gasteiger partial charge on any atom is 0.308 e. The Morgan fingerprint density at radius 1 is 1.44 bits per heavy atom. The van der Waals surface area contributed by atoms with E-state index in [-0.39, 0.29) is 17.9 Å². The Labute approximate surface area is 94.5 Å². The van der Waals surface area contributed by atoms with Crippen molar-refractivity contribution in [1.82, 2.24) is 4.57 Å². The van der Waals surface area contributed by atoms with E-state index in [1.54, 1.807) is 10.6 Å². The summed E-state index contributed by atoms with van der Waals surface area (Å²) in [5.41, 5.74) is 1.11. The van der Waals surface area contributed by atoms with E-state index in [4.69, 9.17) is 5.11 Å². The van der Waals surface area contributed by atoms with Crippen molar-refractivity contribution >= 4 is 5.97 Å². The highest BCUT2D eigenvalue weighted by Gasteiger charge is 2.12. The highest BCUT2D eigenvalue weighted by molar-refractivity contribution is 5.69. The predicted octanol–water partition coefficient (Wildman–Crippen LogP) is 1.62. The third kappa shape index (κ3) is 2.51. The van der Waals surface area contributed by atoms with Crippen LogP contribution < -0.4 is 5.56 Å². The highest BCUT2D eigenvalue weighted by Crippen LogP contribution is 2.13. The lowest BCUT2D eigenvalue weighted by atomic mass is 10.1. The van der Waals surface area contributed by atoms with Crippen LogP contribution in [0.4, 0.5) is 0 Å². The second-order valence-corrected chi connectivity index (χ2v) is 4.06. The van der Waals surface area contributed by atoms with Gasteiger partial charge in [-0.25, -0.2) is 0 Å². The Hall–Kier alpha value is -1.58. The standard InChI is InChI=1S/C12H17NO3/c1-4-13-10(8(2)3)6-5-9(12(13)16)7-11(14)15/h5-6,8H,4,7H2,1-3H3,(H,14,15). The summed E-state index contributed by atoms with van der Waals surface area (Å²) >= 11 is 0. The first-order valence-electron chi connectivity index (χ1n) is 5.41. The van der Waals surface area contributed by atoms with Crippen LogP contribution in [0.1, 0.15) is 37.9 Å². The summed E-state index contributed by atoms with van der Waals surface area (Å²) in [6.45, 7) is 6.48. The van der Waals surface area contributed by atoms with Crippen molar-refractivity contribution in [2.75, 3.05) is 0 Å². The summed E-state index contributed by atoms with van der Waals surface area (Å²) in [6, 6.07) is 3.46. The molecule has 1 rings (SSSR count). The molecule has 4 heteroatoms. The van der Waals surface area contributed by atoms with Crippen LogP contribution in [-0.4, -0.2) is 15.6 Å². The first kappa shape index (κ1) is 12.5. The minimum Gasteiger partial charge on any atom is -0.481 e. The van der Waals surface area contributed by atoms with Gasteiger partial charge in [0.25, 0.3) is 5.56 Å². The van der Waals surface area contributed by atoms with Crippen molar-refractivity contribution in [3.8, 4) is 0 Å². The topological polar surface area (TPSA) is 59.3 Å². The van der Waals surface area contributed by atoms with Gasteiger partial charge in [-0.05, 0) is 18.9 Å². The maximum atomic E-state index is 12.0. The fraction of sp³-hybridized carbons (Fsp3) is 0.500. The summed E-state index contributed by atoms with van der Waals surface area (Å²) in [5, 5.41) is 8.69. The monoisotopic (exact) mass is 223 g/mol. The van der Waals surface area contributed by atoms with Crippen molar-refractivity contribution in [3.05, 3.63) is 33.7 Å². The minimum absolute atomic E-state index is 0.184. The number of hydrogen-bond donors (Lipinski definition) is 1. The van der Waals surface area contributed by atoms with Crippen LogP contribution in [-0.2, 0) is 17.8 Å². The van der Waals surface area contributed by atoms with Gasteiger partial charge in [-0.2, -0.15) is 0 Å². The third-order valence-electron chi connectivity index (χ3n) is 2.54. The van der Waals surface area contributed by atoms with Gasteiger partial charge in [-0.1, -0.05) is 19.9 Å². The lowest BCUT2D eigenvalue weighted by Gasteiger charge is -2.14. The summed E-state index contributed by atoms with van der Waals surface area (Å²) in [4.78, 5) is 22.6. The fourth-order valence-corrected chi connectivity index (χ4v) is 1.77. The lowest BCUT2D eigenvalue weighted by molar-refractivity contribution is -0.136. The van der Waals surface area contributed by atoms with Crippen molar-refractivity contribution < 1.29 is 9.90 Å². The molecule has 0 aliphatic rings. The fourth-order valence-electron chi connectivity index (χ4n) is 1.77. The van der Waals surface area contributed by atoms with Crippen LogP contribution in [0.3, 0.4) is 0 Å². The Kier molecular flexibility index (Phi) is 3.88. The van der Waals surface area contributed by atoms with Crippen LogP contribution in [0.15, 0.2) is 16.9 Å². The van der Waals surface area contributed by atoms with E-state index in [0.29, 0.717) is 12.1 Å². The van der Waals surface area contributed by atoms with Crippen molar-refractivity contribution in [1.29, 1.82) is 0 Å². The molecule has 0 amide bonds. The molecular formula is C12H17NO3. The summed E-state index contributed by atoms with van der Waals surface area (Å²) in [7, 11) is 0. The third-order valence-corrected chi connectivity index (χ3v) is 2.54. The highest BCUT2D eigenvalue weighted by atomic mass is 16.4. The van der Waals surface area contributed by atoms with E-state index in [1.807, 2.05) is 26.8 Å². The van der Waals surface area contributed by atoms with Crippen LogP contribution in [0.25, 0.3) is 0 Å². The SMILES string of the molecule is CCn1c(C(C)C)ccc(CC(=O)O)c1=O. The van der Waals surface area contributed by atoms with Crippen LogP contribution in [0.2, 0.25) is 0 Å². The molecular weight excluding hydrogens is 206 g/mol. The number of carboxylic acid groups (broad SMARTS) is 1. The molecule has 16 heavy (non-hydrogen) atoms. The molecule has 1 aromatic heterocycles. The molecule has 0 unspecified atom stereocenters. The van der Waals surface area contributed by atoms with Gasteiger partial charge in [0.15, 0.2) is 0 Å². The maximum absolute atomic E-state index is 12.0. The van der Waals surface area contributed by atoms with Gasteiger partial charge >= 0.3 is 5.97 Å². The number of nitrogens with zero attached hydrogens (tertiary/aromatic N) is 1. The Bertz CT molecular complexity index is 446. The number of aromatic nitrogens is 1. The molecule has 0 fully saturated rings. The molecule has 88 valence electrons. The molecule has 0 saturated heterocycles. The molecule has 0 aromatic carbocycles. The molecule has 4 nitrogen and oxygen atoms in total. The zero-order valence-electron chi connectivity index (χ0n) is 9.86. The number of rotatable bonds is 4. The van der Waals surface area contributed by atoms with Gasteiger partial charge in [0.1, 0.15) is 0 Å². The first-order chi connectivity index (χ1) is 7.47. The van der Waals surface area contributed by atoms with Gasteiger partial charge in [-0.15, -0.1) is 0 Å². The Morgan fingerprint density at radius 3 is 2.50 bits per heavy atom. The molecule has 0 aliphatic carbocycles. The number of carbonyl (C=O) groups is 1. The van der Waals surface area contributed by atoms with Crippen LogP contribution in [0, 0.1) is 0 Å². The lowest BCUT2D eigenvalue weighted by Crippen LogP contribution is -2.27. The molecule has 0 aliphatic heterocycles. The van der Waals surface area contributed by atoms with E-state index in [2.05, 4.69) is 0 Å². The zero-order valence-corrected chi connectivity index (χ0v) is 9.86. The van der Waals surface area contributed by atoms with Gasteiger partial charge in [-0.3, -0.25) is 9.59 Å². The minimum atomic E-state index is -0.975. The summed E-state index contributed by atoms with van der Waals surface area (Å²) < 4.78 is 1.64. The van der Waals surface area contributed by atoms with Crippen molar-refractivity contribution in [3.63, 3.8) is 0 Å². The molecule has 0 radical (unpaired) electrons. The number of hydrogen-bond acceptors (Lipinski definition) is 2. The Balaban J connectivity index is 3.29. The molecule has 1 aromatic rings. The molecule has 1 heterocycles. The Morgan fingerprint density at radius 2 is 2.06 bits per heavy atom. The average Bonchev–Trinajstić information content (AvgIpc) is 2.19. The van der Waals surface area contributed by atoms with E-state index in [0.717, 1.165) is 5.69 Å². The normalized spacial score (nSPS) is 10.8. The van der Waals surface area contributed by atoms with Crippen molar-refractivity contribution in [2.45, 2.75) is 39.7 Å². The van der Waals surface area contributed by atoms with E-state index in [9.17, 15) is 9.59 Å². The molecule has 0 atom stereocenters. The predicted molar refractivity (Wildman–Crippen MR) is 61.8 cm³/mol. The second kappa shape index (κ2) is 4.96. The average molecular weight is 223 g/mol. The summed E-state index contributed by atoms with van der Waals surface area (Å²) in [6.07, 6.45) is -0.211. The van der Waals surface area contributed by atoms with Gasteiger partial charge in [0.2, 0.25) is 0 Å². The largest absolute Gasteiger partial charge is 0.481 e. The number of aliphatic carboxylic acids is 1. The first-order valence-corrected chi connectivity index (χ1v) is 5.41. The number of carboxylic acids is 1. The van der Waals surface area contributed by atoms with Gasteiger partial charge < -0.3 is 9.67 Å². The van der Waals surface area contributed by atoms with E-state index >= 15 is 0 Å². The summed E-state index contributed by atoms with van der Waals surface area (Å²) in [5.74, 6) is -0.719. The quantitative estimate of drug-likeness (QED) is 0.843. The smallest absolute Gasteiger partial charge is 0.308 e. The zero-order chi connectivity index (χ0) is 12.3.